The molecule has 0 radical (unpaired) electrons. The molecule has 138 valence electrons. The molecule has 2 aromatic carbocycles. The number of benzene rings is 2. The van der Waals surface area contributed by atoms with E-state index in [4.69, 9.17) is 11.6 Å². The van der Waals surface area contributed by atoms with E-state index < -0.39 is 10.8 Å². The lowest BCUT2D eigenvalue weighted by Crippen LogP contribution is -2.13. The first-order valence-electron chi connectivity index (χ1n) is 8.18. The number of nitro benzene ring substituents is 1. The summed E-state index contributed by atoms with van der Waals surface area (Å²) < 4.78 is 0. The van der Waals surface area contributed by atoms with Gasteiger partial charge in [0.05, 0.1) is 10.4 Å². The number of carbonyl (C=O) groups is 1. The van der Waals surface area contributed by atoms with Gasteiger partial charge < -0.3 is 10.3 Å². The van der Waals surface area contributed by atoms with E-state index in [2.05, 4.69) is 10.3 Å². The van der Waals surface area contributed by atoms with Gasteiger partial charge in [-0.2, -0.15) is 0 Å². The minimum absolute atomic E-state index is 0.0407. The second-order valence-corrected chi connectivity index (χ2v) is 6.79. The highest BCUT2D eigenvalue weighted by atomic mass is 35.5. The number of anilines is 1. The summed E-state index contributed by atoms with van der Waals surface area (Å²) in [5.74, 6) is -0.346. The predicted octanol–water partition coefficient (Wildman–Crippen LogP) is 4.47. The normalized spacial score (nSPS) is 11.0. The lowest BCUT2D eigenvalue weighted by atomic mass is 9.99. The molecule has 8 heteroatoms. The number of halogens is 1. The van der Waals surface area contributed by atoms with Crippen molar-refractivity contribution in [3.63, 3.8) is 0 Å². The number of nitro groups is 1. The average Bonchev–Trinajstić information content (AvgIpc) is 2.60. The molecule has 0 unspecified atom stereocenters. The predicted molar refractivity (Wildman–Crippen MR) is 105 cm³/mol. The van der Waals surface area contributed by atoms with Crippen molar-refractivity contribution < 1.29 is 9.72 Å². The van der Waals surface area contributed by atoms with Gasteiger partial charge in [-0.15, -0.1) is 0 Å². The molecule has 2 N–H and O–H groups in total. The van der Waals surface area contributed by atoms with Gasteiger partial charge in [-0.1, -0.05) is 31.5 Å². The summed E-state index contributed by atoms with van der Waals surface area (Å²) in [6.45, 7) is 3.99. The summed E-state index contributed by atoms with van der Waals surface area (Å²) in [6.07, 6.45) is 0. The number of H-pyrrole nitrogens is 1. The molecule has 0 aliphatic carbocycles. The number of aromatic nitrogens is 1. The molecule has 7 nitrogen and oxygen atoms in total. The van der Waals surface area contributed by atoms with Gasteiger partial charge in [0.15, 0.2) is 0 Å². The van der Waals surface area contributed by atoms with E-state index in [0.29, 0.717) is 11.2 Å². The summed E-state index contributed by atoms with van der Waals surface area (Å²) in [6, 6.07) is 10.6. The number of nitrogens with one attached hydrogen (secondary N) is 2. The minimum Gasteiger partial charge on any atom is -0.322 e. The molecule has 0 spiro atoms. The van der Waals surface area contributed by atoms with Crippen LogP contribution in [-0.4, -0.2) is 15.8 Å². The number of fused-ring (bicyclic) bond motifs is 1. The number of hydrogen-bond acceptors (Lipinski definition) is 4. The van der Waals surface area contributed by atoms with Crippen LogP contribution in [0.15, 0.2) is 47.3 Å². The molecule has 3 rings (SSSR count). The number of pyridine rings is 1. The SMILES string of the molecule is CC(C)c1cc(=O)[nH]c2cc(NC(=O)c3ccc(Cl)c([N+](=O)[O-])c3)ccc12. The fourth-order valence-corrected chi connectivity index (χ4v) is 3.03. The Bertz CT molecular complexity index is 1120. The second kappa shape index (κ2) is 7.20. The number of hydrogen-bond donors (Lipinski definition) is 2. The van der Waals surface area contributed by atoms with Crippen LogP contribution in [0, 0.1) is 10.1 Å². The van der Waals surface area contributed by atoms with Gasteiger partial charge in [0.1, 0.15) is 5.02 Å². The van der Waals surface area contributed by atoms with Gasteiger partial charge in [0.2, 0.25) is 5.56 Å². The Morgan fingerprint density at radius 1 is 1.19 bits per heavy atom. The minimum atomic E-state index is -0.646. The van der Waals surface area contributed by atoms with E-state index in [9.17, 15) is 19.7 Å². The lowest BCUT2D eigenvalue weighted by molar-refractivity contribution is -0.384. The van der Waals surface area contributed by atoms with Gasteiger partial charge in [-0.3, -0.25) is 19.7 Å². The third-order valence-electron chi connectivity index (χ3n) is 4.16. The Morgan fingerprint density at radius 2 is 1.93 bits per heavy atom. The first kappa shape index (κ1) is 18.6. The van der Waals surface area contributed by atoms with E-state index in [1.165, 1.54) is 12.1 Å². The summed E-state index contributed by atoms with van der Waals surface area (Å²) in [5.41, 5.74) is 1.53. The van der Waals surface area contributed by atoms with Crippen molar-refractivity contribution in [2.75, 3.05) is 5.32 Å². The van der Waals surface area contributed by atoms with Gasteiger partial charge in [0.25, 0.3) is 11.6 Å². The molecule has 3 aromatic rings. The number of carbonyl (C=O) groups excluding carboxylic acids is 1. The second-order valence-electron chi connectivity index (χ2n) is 6.38. The molecule has 0 bridgehead atoms. The first-order chi connectivity index (χ1) is 12.8. The molecular weight excluding hydrogens is 370 g/mol. The van der Waals surface area contributed by atoms with Crippen LogP contribution >= 0.6 is 11.6 Å². The van der Waals surface area contributed by atoms with Crippen LogP contribution in [-0.2, 0) is 0 Å². The molecule has 0 aliphatic heterocycles. The topological polar surface area (TPSA) is 105 Å². The van der Waals surface area contributed by atoms with Crippen molar-refractivity contribution in [3.05, 3.63) is 79.1 Å². The van der Waals surface area contributed by atoms with Crippen molar-refractivity contribution >= 4 is 39.8 Å². The molecule has 0 fully saturated rings. The first-order valence-corrected chi connectivity index (χ1v) is 8.56. The van der Waals surface area contributed by atoms with E-state index in [-0.39, 0.29) is 27.8 Å². The lowest BCUT2D eigenvalue weighted by Gasteiger charge is -2.11. The zero-order valence-corrected chi connectivity index (χ0v) is 15.3. The summed E-state index contributed by atoms with van der Waals surface area (Å²) >= 11 is 5.77. The van der Waals surface area contributed by atoms with Crippen molar-refractivity contribution in [1.29, 1.82) is 0 Å². The quantitative estimate of drug-likeness (QED) is 0.510. The largest absolute Gasteiger partial charge is 0.322 e. The molecule has 0 aliphatic rings. The monoisotopic (exact) mass is 385 g/mol. The van der Waals surface area contributed by atoms with Crippen LogP contribution in [0.25, 0.3) is 10.9 Å². The van der Waals surface area contributed by atoms with Crippen LogP contribution < -0.4 is 10.9 Å². The van der Waals surface area contributed by atoms with Crippen LogP contribution in [0.2, 0.25) is 5.02 Å². The number of amides is 1. The highest BCUT2D eigenvalue weighted by molar-refractivity contribution is 6.32. The van der Waals surface area contributed by atoms with Crippen molar-refractivity contribution in [2.24, 2.45) is 0 Å². The van der Waals surface area contributed by atoms with E-state index >= 15 is 0 Å². The summed E-state index contributed by atoms with van der Waals surface area (Å²) in [5, 5.41) is 14.5. The average molecular weight is 386 g/mol. The summed E-state index contributed by atoms with van der Waals surface area (Å²) in [7, 11) is 0. The van der Waals surface area contributed by atoms with Crippen molar-refractivity contribution in [1.82, 2.24) is 4.98 Å². The smallest absolute Gasteiger partial charge is 0.288 e. The van der Waals surface area contributed by atoms with E-state index in [1.54, 1.807) is 18.2 Å². The number of rotatable bonds is 4. The van der Waals surface area contributed by atoms with E-state index in [0.717, 1.165) is 17.0 Å². The molecule has 1 aromatic heterocycles. The zero-order valence-electron chi connectivity index (χ0n) is 14.6. The summed E-state index contributed by atoms with van der Waals surface area (Å²) in [4.78, 5) is 37.4. The fourth-order valence-electron chi connectivity index (χ4n) is 2.84. The standard InChI is InChI=1S/C19H16ClN3O4/c1-10(2)14-9-18(24)22-16-8-12(4-5-13(14)16)21-19(25)11-3-6-15(20)17(7-11)23(26)27/h3-10H,1-2H3,(H,21,25)(H,22,24). The fraction of sp³-hybridized carbons (Fsp3) is 0.158. The molecular formula is C19H16ClN3O4. The maximum atomic E-state index is 12.4. The third-order valence-corrected chi connectivity index (χ3v) is 4.48. The maximum Gasteiger partial charge on any atom is 0.288 e. The number of aromatic amines is 1. The third kappa shape index (κ3) is 3.83. The molecule has 0 atom stereocenters. The maximum absolute atomic E-state index is 12.4. The molecule has 0 saturated carbocycles. The number of nitrogens with zero attached hydrogens (tertiary/aromatic N) is 1. The Balaban J connectivity index is 1.95. The molecule has 27 heavy (non-hydrogen) atoms. The molecule has 0 saturated heterocycles. The Kier molecular flexibility index (Phi) is 4.96. The zero-order chi connectivity index (χ0) is 19.7. The molecule has 1 amide bonds. The molecule has 1 heterocycles. The Morgan fingerprint density at radius 3 is 2.59 bits per heavy atom. The van der Waals surface area contributed by atoms with Gasteiger partial charge >= 0.3 is 0 Å². The van der Waals surface area contributed by atoms with E-state index in [1.807, 2.05) is 19.9 Å². The van der Waals surface area contributed by atoms with Crippen LogP contribution in [0.3, 0.4) is 0 Å². The van der Waals surface area contributed by atoms with Crippen LogP contribution in [0.4, 0.5) is 11.4 Å². The highest BCUT2D eigenvalue weighted by Crippen LogP contribution is 2.27. The van der Waals surface area contributed by atoms with Gasteiger partial charge in [-0.25, -0.2) is 0 Å². The Labute approximate surface area is 159 Å². The van der Waals surface area contributed by atoms with Crippen molar-refractivity contribution in [2.45, 2.75) is 19.8 Å². The van der Waals surface area contributed by atoms with Crippen molar-refractivity contribution in [3.8, 4) is 0 Å². The van der Waals surface area contributed by atoms with Gasteiger partial charge in [0, 0.05) is 28.8 Å². The Hall–Kier alpha value is -3.19. The van der Waals surface area contributed by atoms with Crippen LogP contribution in [0.1, 0.15) is 35.7 Å². The van der Waals surface area contributed by atoms with Crippen LogP contribution in [0.5, 0.6) is 0 Å². The highest BCUT2D eigenvalue weighted by Gasteiger charge is 2.17. The van der Waals surface area contributed by atoms with Gasteiger partial charge in [-0.05, 0) is 35.7 Å².